The Kier molecular flexibility index (Phi) is 2.73. The molecule has 0 saturated heterocycles. The summed E-state index contributed by atoms with van der Waals surface area (Å²) < 4.78 is 1.29. The quantitative estimate of drug-likeness (QED) is 0.605. The van der Waals surface area contributed by atoms with E-state index in [9.17, 15) is 4.79 Å². The third kappa shape index (κ3) is 1.75. The standard InChI is InChI=1S/C16H12OS/c1-11-14-7-2-3-8-15(14)18-16(11)13-6-4-5-12(9-13)10-17/h2-10H,1H3. The number of rotatable bonds is 2. The van der Waals surface area contributed by atoms with Crippen molar-refractivity contribution in [3.63, 3.8) is 0 Å². The van der Waals surface area contributed by atoms with Crippen LogP contribution in [0, 0.1) is 6.92 Å². The average Bonchev–Trinajstić information content (AvgIpc) is 2.77. The maximum atomic E-state index is 10.9. The lowest BCUT2D eigenvalue weighted by Crippen LogP contribution is -1.81. The Morgan fingerprint density at radius 2 is 1.89 bits per heavy atom. The van der Waals surface area contributed by atoms with Crippen LogP contribution in [-0.4, -0.2) is 6.29 Å². The second-order valence-corrected chi connectivity index (χ2v) is 5.35. The maximum absolute atomic E-state index is 10.9. The molecule has 0 unspecified atom stereocenters. The van der Waals surface area contributed by atoms with Gasteiger partial charge in [-0.15, -0.1) is 11.3 Å². The van der Waals surface area contributed by atoms with Gasteiger partial charge in [-0.25, -0.2) is 0 Å². The minimum Gasteiger partial charge on any atom is -0.298 e. The van der Waals surface area contributed by atoms with Crippen LogP contribution < -0.4 is 0 Å². The molecule has 0 aliphatic heterocycles. The van der Waals surface area contributed by atoms with Crippen molar-refractivity contribution in [2.45, 2.75) is 6.92 Å². The van der Waals surface area contributed by atoms with Gasteiger partial charge in [0.25, 0.3) is 0 Å². The second-order valence-electron chi connectivity index (χ2n) is 4.30. The van der Waals surface area contributed by atoms with Crippen molar-refractivity contribution in [1.29, 1.82) is 0 Å². The van der Waals surface area contributed by atoms with E-state index in [0.29, 0.717) is 0 Å². The van der Waals surface area contributed by atoms with Gasteiger partial charge < -0.3 is 0 Å². The Morgan fingerprint density at radius 3 is 2.67 bits per heavy atom. The molecule has 0 saturated carbocycles. The molecule has 3 aromatic rings. The molecule has 0 amide bonds. The molecule has 0 spiro atoms. The summed E-state index contributed by atoms with van der Waals surface area (Å²) in [5.74, 6) is 0. The van der Waals surface area contributed by atoms with Crippen molar-refractivity contribution in [3.05, 3.63) is 59.7 Å². The van der Waals surface area contributed by atoms with Crippen LogP contribution in [0.3, 0.4) is 0 Å². The molecular formula is C16H12OS. The zero-order chi connectivity index (χ0) is 12.5. The SMILES string of the molecule is Cc1c(-c2cccc(C=O)c2)sc2ccccc12. The van der Waals surface area contributed by atoms with Crippen LogP contribution >= 0.6 is 11.3 Å². The van der Waals surface area contributed by atoms with E-state index >= 15 is 0 Å². The van der Waals surface area contributed by atoms with Crippen molar-refractivity contribution in [3.8, 4) is 10.4 Å². The molecule has 0 radical (unpaired) electrons. The van der Waals surface area contributed by atoms with E-state index in [-0.39, 0.29) is 0 Å². The number of hydrogen-bond donors (Lipinski definition) is 0. The summed E-state index contributed by atoms with van der Waals surface area (Å²) in [6.07, 6.45) is 0.895. The van der Waals surface area contributed by atoms with E-state index in [2.05, 4.69) is 37.3 Å². The molecule has 0 atom stereocenters. The van der Waals surface area contributed by atoms with Crippen LogP contribution in [0.15, 0.2) is 48.5 Å². The molecule has 0 bridgehead atoms. The van der Waals surface area contributed by atoms with Crippen LogP contribution in [0.1, 0.15) is 15.9 Å². The summed E-state index contributed by atoms with van der Waals surface area (Å²) in [4.78, 5) is 12.1. The van der Waals surface area contributed by atoms with Gasteiger partial charge in [0.2, 0.25) is 0 Å². The van der Waals surface area contributed by atoms with Gasteiger partial charge in [-0.1, -0.05) is 36.4 Å². The number of fused-ring (bicyclic) bond motifs is 1. The molecule has 18 heavy (non-hydrogen) atoms. The van der Waals surface area contributed by atoms with E-state index in [0.717, 1.165) is 17.4 Å². The molecule has 2 heteroatoms. The zero-order valence-corrected chi connectivity index (χ0v) is 10.8. The third-order valence-corrected chi connectivity index (χ3v) is 4.45. The lowest BCUT2D eigenvalue weighted by Gasteiger charge is -2.00. The van der Waals surface area contributed by atoms with E-state index in [1.165, 1.54) is 20.5 Å². The van der Waals surface area contributed by atoms with Crippen LogP contribution in [0.5, 0.6) is 0 Å². The van der Waals surface area contributed by atoms with Crippen molar-refractivity contribution >= 4 is 27.7 Å². The molecule has 0 aliphatic carbocycles. The molecule has 2 aromatic carbocycles. The van der Waals surface area contributed by atoms with E-state index in [4.69, 9.17) is 0 Å². The lowest BCUT2D eigenvalue weighted by molar-refractivity contribution is 0.112. The monoisotopic (exact) mass is 252 g/mol. The highest BCUT2D eigenvalue weighted by Crippen LogP contribution is 2.37. The summed E-state index contributed by atoms with van der Waals surface area (Å²) in [5, 5.41) is 1.30. The normalized spacial score (nSPS) is 10.7. The number of carbonyl (C=O) groups excluding carboxylic acids is 1. The predicted octanol–water partition coefficient (Wildman–Crippen LogP) is 4.69. The molecule has 1 heterocycles. The Balaban J connectivity index is 2.24. The first-order chi connectivity index (χ1) is 8.79. The Morgan fingerprint density at radius 1 is 1.06 bits per heavy atom. The molecule has 1 nitrogen and oxygen atoms in total. The predicted molar refractivity (Wildman–Crippen MR) is 77.4 cm³/mol. The van der Waals surface area contributed by atoms with E-state index in [1.54, 1.807) is 11.3 Å². The topological polar surface area (TPSA) is 17.1 Å². The largest absolute Gasteiger partial charge is 0.298 e. The second kappa shape index (κ2) is 4.39. The highest BCUT2D eigenvalue weighted by atomic mass is 32.1. The molecule has 0 N–H and O–H groups in total. The fraction of sp³-hybridized carbons (Fsp3) is 0.0625. The number of aryl methyl sites for hydroxylation is 1. The van der Waals surface area contributed by atoms with Crippen molar-refractivity contribution in [2.24, 2.45) is 0 Å². The molecule has 1 aromatic heterocycles. The van der Waals surface area contributed by atoms with Crippen molar-refractivity contribution in [1.82, 2.24) is 0 Å². The fourth-order valence-corrected chi connectivity index (χ4v) is 3.41. The minimum atomic E-state index is 0.726. The summed E-state index contributed by atoms with van der Waals surface area (Å²) in [6, 6.07) is 16.2. The summed E-state index contributed by atoms with van der Waals surface area (Å²) in [7, 11) is 0. The fourth-order valence-electron chi connectivity index (χ4n) is 2.20. The van der Waals surface area contributed by atoms with Crippen LogP contribution in [-0.2, 0) is 0 Å². The zero-order valence-electron chi connectivity index (χ0n) is 10.0. The molecular weight excluding hydrogens is 240 g/mol. The van der Waals surface area contributed by atoms with Gasteiger partial charge in [-0.3, -0.25) is 4.79 Å². The molecule has 3 rings (SSSR count). The Labute approximate surface area is 110 Å². The Bertz CT molecular complexity index is 725. The van der Waals surface area contributed by atoms with Gasteiger partial charge >= 0.3 is 0 Å². The van der Waals surface area contributed by atoms with Gasteiger partial charge in [0, 0.05) is 15.1 Å². The number of thiophene rings is 1. The van der Waals surface area contributed by atoms with Crippen LogP contribution in [0.25, 0.3) is 20.5 Å². The van der Waals surface area contributed by atoms with Gasteiger partial charge in [-0.2, -0.15) is 0 Å². The molecule has 88 valence electrons. The highest BCUT2D eigenvalue weighted by Gasteiger charge is 2.09. The lowest BCUT2D eigenvalue weighted by atomic mass is 10.1. The van der Waals surface area contributed by atoms with Crippen molar-refractivity contribution < 1.29 is 4.79 Å². The van der Waals surface area contributed by atoms with Crippen LogP contribution in [0.4, 0.5) is 0 Å². The summed E-state index contributed by atoms with van der Waals surface area (Å²) in [6.45, 7) is 2.14. The van der Waals surface area contributed by atoms with Gasteiger partial charge in [0.05, 0.1) is 0 Å². The smallest absolute Gasteiger partial charge is 0.150 e. The number of hydrogen-bond acceptors (Lipinski definition) is 2. The summed E-state index contributed by atoms with van der Waals surface area (Å²) >= 11 is 1.78. The van der Waals surface area contributed by atoms with E-state index in [1.807, 2.05) is 18.2 Å². The van der Waals surface area contributed by atoms with Gasteiger partial charge in [0.1, 0.15) is 6.29 Å². The highest BCUT2D eigenvalue weighted by molar-refractivity contribution is 7.22. The minimum absolute atomic E-state index is 0.726. The Hall–Kier alpha value is -1.93. The van der Waals surface area contributed by atoms with E-state index < -0.39 is 0 Å². The average molecular weight is 252 g/mol. The number of benzene rings is 2. The maximum Gasteiger partial charge on any atom is 0.150 e. The molecule has 0 fully saturated rings. The molecule has 0 aliphatic rings. The first-order valence-electron chi connectivity index (χ1n) is 5.83. The third-order valence-electron chi connectivity index (χ3n) is 3.13. The first kappa shape index (κ1) is 11.2. The number of carbonyl (C=O) groups is 1. The summed E-state index contributed by atoms with van der Waals surface area (Å²) in [5.41, 5.74) is 3.14. The number of aldehydes is 1. The van der Waals surface area contributed by atoms with Crippen LogP contribution in [0.2, 0.25) is 0 Å². The first-order valence-corrected chi connectivity index (χ1v) is 6.65. The van der Waals surface area contributed by atoms with Gasteiger partial charge in [0.15, 0.2) is 0 Å². The van der Waals surface area contributed by atoms with Gasteiger partial charge in [-0.05, 0) is 35.6 Å². The van der Waals surface area contributed by atoms with Crippen molar-refractivity contribution in [2.75, 3.05) is 0 Å².